The number of ketones is 1. The van der Waals surface area contributed by atoms with E-state index in [2.05, 4.69) is 20.3 Å². The van der Waals surface area contributed by atoms with Gasteiger partial charge in [0.25, 0.3) is 12.3 Å². The smallest absolute Gasteiger partial charge is 0.277 e. The highest BCUT2D eigenvalue weighted by molar-refractivity contribution is 8.14. The molecule has 5 rings (SSSR count). The Morgan fingerprint density at radius 2 is 1.92 bits per heavy atom. The number of carbonyl (C=O) groups is 1. The number of benzene rings is 1. The van der Waals surface area contributed by atoms with E-state index < -0.39 is 52.4 Å². The summed E-state index contributed by atoms with van der Waals surface area (Å²) in [5, 5.41) is 3.68. The number of nitrogens with one attached hydrogen (secondary N) is 1. The van der Waals surface area contributed by atoms with Crippen LogP contribution in [-0.2, 0) is 27.5 Å². The van der Waals surface area contributed by atoms with E-state index in [1.807, 2.05) is 13.8 Å². The van der Waals surface area contributed by atoms with E-state index in [1.54, 1.807) is 12.1 Å². The van der Waals surface area contributed by atoms with Crippen LogP contribution < -0.4 is 5.32 Å². The first-order valence-corrected chi connectivity index (χ1v) is 14.6. The number of halogens is 4. The number of nitrogens with zero attached hydrogens (tertiary/aromatic N) is 3. The van der Waals surface area contributed by atoms with Gasteiger partial charge in [-0.3, -0.25) is 14.8 Å². The second kappa shape index (κ2) is 9.15. The highest BCUT2D eigenvalue weighted by atomic mass is 32.2. The molecule has 2 aromatic rings. The number of thioether (sulfide) groups is 1. The number of carbonyl (C=O) groups excluding carboxylic acids is 1. The summed E-state index contributed by atoms with van der Waals surface area (Å²) >= 11 is 1.52. The second-order valence-corrected chi connectivity index (χ2v) is 13.3. The Hall–Kier alpha value is -2.80. The average molecular weight is 569 g/mol. The van der Waals surface area contributed by atoms with Gasteiger partial charge in [-0.25, -0.2) is 31.0 Å². The van der Waals surface area contributed by atoms with E-state index in [4.69, 9.17) is 0 Å². The minimum absolute atomic E-state index is 0.0418. The summed E-state index contributed by atoms with van der Waals surface area (Å²) in [4.78, 5) is 25.2. The van der Waals surface area contributed by atoms with Crippen molar-refractivity contribution >= 4 is 55.2 Å². The van der Waals surface area contributed by atoms with Crippen molar-refractivity contribution in [1.29, 1.82) is 0 Å². The van der Waals surface area contributed by atoms with Crippen molar-refractivity contribution in [3.63, 3.8) is 0 Å². The summed E-state index contributed by atoms with van der Waals surface area (Å²) in [6.45, 7) is 3.95. The number of hydrogen-bond acceptors (Lipinski definition) is 8. The standard InChI is InChI=1S/C25H24F4N4O3S2/c1-24(2)11-37-23(33-24)12-4-5-15(20(6-12)38(3,35)36)31-16-7-13(8-19(34)14-10-25(14,28)29)30-17-9-18(22(26)27)32-21(16)17/h4-7,14,22H,8-11H2,1-3H3,(H,30,31)/t14-/m0/s1. The number of fused-ring (bicyclic) bond motifs is 1. The highest BCUT2D eigenvalue weighted by Crippen LogP contribution is 2.49. The summed E-state index contributed by atoms with van der Waals surface area (Å²) < 4.78 is 79.1. The monoisotopic (exact) mass is 568 g/mol. The summed E-state index contributed by atoms with van der Waals surface area (Å²) in [6.07, 6.45) is -2.99. The molecule has 1 N–H and O–H groups in total. The predicted molar refractivity (Wildman–Crippen MR) is 139 cm³/mol. The number of aliphatic imine (C=N–C) groups is 2. The zero-order valence-electron chi connectivity index (χ0n) is 20.7. The van der Waals surface area contributed by atoms with Crippen molar-refractivity contribution in [3.8, 4) is 0 Å². The topological polar surface area (TPSA) is 101 Å². The second-order valence-electron chi connectivity index (χ2n) is 10.3. The van der Waals surface area contributed by atoms with Crippen LogP contribution in [0.15, 0.2) is 39.1 Å². The zero-order chi connectivity index (χ0) is 27.6. The molecule has 0 spiro atoms. The lowest BCUT2D eigenvalue weighted by Crippen LogP contribution is -2.15. The van der Waals surface area contributed by atoms with Crippen molar-refractivity contribution in [2.24, 2.45) is 15.9 Å². The van der Waals surface area contributed by atoms with Crippen molar-refractivity contribution in [2.45, 2.75) is 55.9 Å². The molecular weight excluding hydrogens is 544 g/mol. The van der Waals surface area contributed by atoms with Crippen LogP contribution in [0.5, 0.6) is 0 Å². The fourth-order valence-electron chi connectivity index (χ4n) is 4.37. The lowest BCUT2D eigenvalue weighted by atomic mass is 10.1. The van der Waals surface area contributed by atoms with Crippen LogP contribution in [0.2, 0.25) is 0 Å². The molecular formula is C25H24F4N4O3S2. The maximum Gasteiger partial charge on any atom is 0.277 e. The Labute approximate surface area is 221 Å². The van der Waals surface area contributed by atoms with Crippen LogP contribution >= 0.6 is 11.8 Å². The molecule has 3 aliphatic rings. The Morgan fingerprint density at radius 3 is 2.50 bits per heavy atom. The van der Waals surface area contributed by atoms with Crippen molar-refractivity contribution < 1.29 is 30.8 Å². The number of aromatic nitrogens is 1. The van der Waals surface area contributed by atoms with E-state index in [0.717, 1.165) is 12.0 Å². The van der Waals surface area contributed by atoms with Gasteiger partial charge in [0.1, 0.15) is 11.5 Å². The van der Waals surface area contributed by atoms with Gasteiger partial charge in [-0.05, 0) is 32.0 Å². The van der Waals surface area contributed by atoms with Crippen LogP contribution in [-0.4, -0.2) is 59.8 Å². The summed E-state index contributed by atoms with van der Waals surface area (Å²) in [5.41, 5.74) is 0.605. The van der Waals surface area contributed by atoms with Gasteiger partial charge in [0.2, 0.25) is 0 Å². The van der Waals surface area contributed by atoms with Gasteiger partial charge in [-0.1, -0.05) is 6.07 Å². The molecule has 1 aromatic heterocycles. The number of alkyl halides is 4. The van der Waals surface area contributed by atoms with Gasteiger partial charge in [0.05, 0.1) is 49.9 Å². The van der Waals surface area contributed by atoms with E-state index in [1.165, 1.54) is 23.9 Å². The van der Waals surface area contributed by atoms with Gasteiger partial charge in [-0.2, -0.15) is 0 Å². The molecule has 7 nitrogen and oxygen atoms in total. The number of pyridine rings is 1. The van der Waals surface area contributed by atoms with E-state index in [9.17, 15) is 30.8 Å². The van der Waals surface area contributed by atoms with Crippen molar-refractivity contribution in [1.82, 2.24) is 4.98 Å². The largest absolute Gasteiger partial charge is 0.353 e. The van der Waals surface area contributed by atoms with Gasteiger partial charge < -0.3 is 5.32 Å². The third kappa shape index (κ3) is 5.35. The fourth-order valence-corrected chi connectivity index (χ4v) is 6.39. The van der Waals surface area contributed by atoms with Gasteiger partial charge in [-0.15, -0.1) is 11.8 Å². The Kier molecular flexibility index (Phi) is 6.45. The maximum atomic E-state index is 13.4. The minimum Gasteiger partial charge on any atom is -0.353 e. The summed E-state index contributed by atoms with van der Waals surface area (Å²) in [6, 6.07) is 6.13. The van der Waals surface area contributed by atoms with Crippen LogP contribution in [0.1, 0.15) is 37.2 Å². The normalized spacial score (nSPS) is 21.2. The first-order chi connectivity index (χ1) is 17.6. The molecule has 0 radical (unpaired) electrons. The van der Waals surface area contributed by atoms with Gasteiger partial charge in [0.15, 0.2) is 9.84 Å². The molecule has 1 atom stereocenters. The van der Waals surface area contributed by atoms with E-state index >= 15 is 0 Å². The first-order valence-electron chi connectivity index (χ1n) is 11.8. The molecule has 13 heteroatoms. The van der Waals surface area contributed by atoms with Gasteiger partial charge in [0, 0.05) is 36.8 Å². The molecule has 1 fully saturated rings. The number of hydrogen-bond donors (Lipinski definition) is 1. The molecule has 1 aromatic carbocycles. The lowest BCUT2D eigenvalue weighted by molar-refractivity contribution is -0.121. The zero-order valence-corrected chi connectivity index (χ0v) is 22.3. The Morgan fingerprint density at radius 1 is 1.21 bits per heavy atom. The number of anilines is 2. The molecule has 38 heavy (non-hydrogen) atoms. The summed E-state index contributed by atoms with van der Waals surface area (Å²) in [7, 11) is -3.75. The third-order valence-corrected chi connectivity index (χ3v) is 9.00. The predicted octanol–water partition coefficient (Wildman–Crippen LogP) is 5.16. The van der Waals surface area contributed by atoms with Crippen LogP contribution in [0.4, 0.5) is 34.6 Å². The Balaban J connectivity index is 1.53. The molecule has 0 unspecified atom stereocenters. The molecule has 0 bridgehead atoms. The maximum absolute atomic E-state index is 13.4. The lowest BCUT2D eigenvalue weighted by Gasteiger charge is -2.15. The minimum atomic E-state index is -3.75. The molecule has 1 saturated carbocycles. The number of Topliss-reactive ketones (excluding diaryl/α,β-unsaturated/α-hetero) is 1. The quantitative estimate of drug-likeness (QED) is 0.442. The van der Waals surface area contributed by atoms with Crippen molar-refractivity contribution in [3.05, 3.63) is 41.2 Å². The SMILES string of the molecule is CC1(C)CSC(c2ccc(Nc3cc(CC(=O)[C@@H]4CC4(F)F)nc4c3N=C(C(F)F)C4)c(S(C)(=O)=O)c2)=N1. The fraction of sp³-hybridized carbons (Fsp3) is 0.440. The number of rotatable bonds is 8. The highest BCUT2D eigenvalue weighted by Gasteiger charge is 2.60. The number of sulfone groups is 1. The van der Waals surface area contributed by atoms with E-state index in [0.29, 0.717) is 10.6 Å². The molecule has 202 valence electrons. The summed E-state index contributed by atoms with van der Waals surface area (Å²) in [5.74, 6) is -4.37. The molecule has 0 amide bonds. The van der Waals surface area contributed by atoms with Crippen molar-refractivity contribution in [2.75, 3.05) is 17.3 Å². The molecule has 0 saturated heterocycles. The molecule has 2 aliphatic heterocycles. The van der Waals surface area contributed by atoms with Crippen LogP contribution in [0.25, 0.3) is 0 Å². The van der Waals surface area contributed by atoms with Crippen LogP contribution in [0.3, 0.4) is 0 Å². The van der Waals surface area contributed by atoms with E-state index in [-0.39, 0.29) is 45.3 Å². The third-order valence-electron chi connectivity index (χ3n) is 6.41. The van der Waals surface area contributed by atoms with Crippen LogP contribution in [0, 0.1) is 5.92 Å². The molecule has 1 aliphatic carbocycles. The van der Waals surface area contributed by atoms with Gasteiger partial charge >= 0.3 is 0 Å². The first kappa shape index (κ1) is 26.8. The molecule has 3 heterocycles. The average Bonchev–Trinajstić information content (AvgIpc) is 3.11. The Bertz CT molecular complexity index is 1520.